The summed E-state index contributed by atoms with van der Waals surface area (Å²) in [6, 6.07) is 4.36. The van der Waals surface area contributed by atoms with E-state index >= 15 is 0 Å². The van der Waals surface area contributed by atoms with Gasteiger partial charge in [-0.3, -0.25) is 4.90 Å². The second kappa shape index (κ2) is 5.64. The van der Waals surface area contributed by atoms with Crippen molar-refractivity contribution in [2.24, 2.45) is 0 Å². The number of rotatable bonds is 3. The minimum Gasteiger partial charge on any atom is -0.492 e. The molecule has 1 aliphatic heterocycles. The van der Waals surface area contributed by atoms with Crippen molar-refractivity contribution in [3.05, 3.63) is 33.1 Å². The first-order chi connectivity index (χ1) is 10.7. The predicted molar refractivity (Wildman–Crippen MR) is 88.9 cm³/mol. The molecule has 5 nitrogen and oxygen atoms in total. The molecular formula is C15H18N4OS2. The number of nitrogens with zero attached hydrogens (tertiary/aromatic N) is 4. The van der Waals surface area contributed by atoms with Gasteiger partial charge in [-0.15, -0.1) is 16.4 Å². The van der Waals surface area contributed by atoms with E-state index in [0.717, 1.165) is 22.9 Å². The van der Waals surface area contributed by atoms with Crippen LogP contribution in [0.5, 0.6) is 5.88 Å². The van der Waals surface area contributed by atoms with Gasteiger partial charge in [0.2, 0.25) is 10.8 Å². The van der Waals surface area contributed by atoms with Crippen LogP contribution < -0.4 is 0 Å². The van der Waals surface area contributed by atoms with Crippen molar-refractivity contribution >= 4 is 27.6 Å². The SMILES string of the molecule is Cc1nc2sc([C@H](c3cccs3)N3CCCCC3)c(O)n2n1. The smallest absolute Gasteiger partial charge is 0.230 e. The van der Waals surface area contributed by atoms with Gasteiger partial charge in [0.05, 0.1) is 10.9 Å². The number of piperidine rings is 1. The molecule has 1 N–H and O–H groups in total. The van der Waals surface area contributed by atoms with Crippen LogP contribution in [0.2, 0.25) is 0 Å². The summed E-state index contributed by atoms with van der Waals surface area (Å²) in [6.07, 6.45) is 3.75. The van der Waals surface area contributed by atoms with Crippen molar-refractivity contribution in [3.63, 3.8) is 0 Å². The third-order valence-corrected chi connectivity index (χ3v) is 6.12. The van der Waals surface area contributed by atoms with Crippen LogP contribution >= 0.6 is 22.7 Å². The number of thiazole rings is 1. The standard InChI is InChI=1S/C15H18N4OS2/c1-10-16-15-19(17-10)14(20)13(22-15)12(11-6-5-9-21-11)18-7-3-2-4-8-18/h5-6,9,12,20H,2-4,7-8H2,1H3/t12-/m0/s1. The van der Waals surface area contributed by atoms with Crippen molar-refractivity contribution in [1.29, 1.82) is 0 Å². The molecule has 1 saturated heterocycles. The minimum atomic E-state index is 0.120. The normalized spacial score (nSPS) is 18.0. The van der Waals surface area contributed by atoms with E-state index in [-0.39, 0.29) is 11.9 Å². The highest BCUT2D eigenvalue weighted by molar-refractivity contribution is 7.17. The number of hydrogen-bond donors (Lipinski definition) is 1. The Hall–Kier alpha value is -1.44. The van der Waals surface area contributed by atoms with E-state index in [2.05, 4.69) is 32.5 Å². The number of hydrogen-bond acceptors (Lipinski definition) is 6. The number of aromatic hydroxyl groups is 1. The largest absolute Gasteiger partial charge is 0.492 e. The van der Waals surface area contributed by atoms with Gasteiger partial charge in [0.25, 0.3) is 0 Å². The maximum Gasteiger partial charge on any atom is 0.230 e. The minimum absolute atomic E-state index is 0.120. The number of aromatic nitrogens is 3. The lowest BCUT2D eigenvalue weighted by Gasteiger charge is -2.33. The molecule has 1 aliphatic rings. The van der Waals surface area contributed by atoms with E-state index in [1.165, 1.54) is 24.1 Å². The third kappa shape index (κ3) is 2.33. The second-order valence-corrected chi connectivity index (χ2v) is 7.65. The van der Waals surface area contributed by atoms with Gasteiger partial charge in [-0.05, 0) is 44.3 Å². The molecule has 116 valence electrons. The second-order valence-electron chi connectivity index (χ2n) is 5.66. The van der Waals surface area contributed by atoms with Crippen LogP contribution in [0.1, 0.15) is 40.9 Å². The maximum atomic E-state index is 10.7. The first-order valence-corrected chi connectivity index (χ1v) is 9.26. The van der Waals surface area contributed by atoms with Crippen LogP contribution in [0.15, 0.2) is 17.5 Å². The Balaban J connectivity index is 1.81. The van der Waals surface area contributed by atoms with Crippen molar-refractivity contribution in [2.45, 2.75) is 32.2 Å². The molecule has 22 heavy (non-hydrogen) atoms. The van der Waals surface area contributed by atoms with Gasteiger partial charge in [0.1, 0.15) is 5.82 Å². The molecule has 0 aromatic carbocycles. The van der Waals surface area contributed by atoms with Gasteiger partial charge >= 0.3 is 0 Å². The van der Waals surface area contributed by atoms with Crippen molar-refractivity contribution in [3.8, 4) is 5.88 Å². The molecule has 0 saturated carbocycles. The Kier molecular flexibility index (Phi) is 3.63. The first-order valence-electron chi connectivity index (χ1n) is 7.56. The Morgan fingerprint density at radius 3 is 2.77 bits per heavy atom. The third-order valence-electron chi connectivity index (χ3n) is 4.12. The fraction of sp³-hybridized carbons (Fsp3) is 0.467. The molecule has 0 amide bonds. The van der Waals surface area contributed by atoms with E-state index in [4.69, 9.17) is 0 Å². The van der Waals surface area contributed by atoms with Gasteiger partial charge in [-0.1, -0.05) is 23.8 Å². The molecule has 0 spiro atoms. The first kappa shape index (κ1) is 14.2. The Labute approximate surface area is 136 Å². The Morgan fingerprint density at radius 1 is 1.27 bits per heavy atom. The van der Waals surface area contributed by atoms with Gasteiger partial charge in [-0.25, -0.2) is 4.98 Å². The summed E-state index contributed by atoms with van der Waals surface area (Å²) in [5, 5.41) is 17.0. The molecule has 3 aromatic heterocycles. The monoisotopic (exact) mass is 334 g/mol. The summed E-state index contributed by atoms with van der Waals surface area (Å²) < 4.78 is 1.57. The van der Waals surface area contributed by atoms with Gasteiger partial charge in [-0.2, -0.15) is 4.52 Å². The molecule has 4 rings (SSSR count). The summed E-state index contributed by atoms with van der Waals surface area (Å²) in [7, 11) is 0. The molecule has 0 aliphatic carbocycles. The van der Waals surface area contributed by atoms with E-state index < -0.39 is 0 Å². The quantitative estimate of drug-likeness (QED) is 0.797. The number of fused-ring (bicyclic) bond motifs is 1. The average Bonchev–Trinajstić information content (AvgIpc) is 3.22. The molecule has 0 unspecified atom stereocenters. The number of aryl methyl sites for hydroxylation is 1. The van der Waals surface area contributed by atoms with Crippen LogP contribution in [-0.2, 0) is 0 Å². The van der Waals surface area contributed by atoms with Gasteiger partial charge < -0.3 is 5.11 Å². The molecule has 3 aromatic rings. The number of likely N-dealkylation sites (tertiary alicyclic amines) is 1. The van der Waals surface area contributed by atoms with E-state index in [1.54, 1.807) is 27.2 Å². The van der Waals surface area contributed by atoms with Crippen molar-refractivity contribution in [1.82, 2.24) is 19.5 Å². The molecule has 1 atom stereocenters. The van der Waals surface area contributed by atoms with Crippen LogP contribution in [0.25, 0.3) is 4.96 Å². The maximum absolute atomic E-state index is 10.7. The molecular weight excluding hydrogens is 316 g/mol. The van der Waals surface area contributed by atoms with Crippen LogP contribution in [0, 0.1) is 6.92 Å². The van der Waals surface area contributed by atoms with Crippen molar-refractivity contribution in [2.75, 3.05) is 13.1 Å². The lowest BCUT2D eigenvalue weighted by Crippen LogP contribution is -2.33. The topological polar surface area (TPSA) is 53.7 Å². The highest BCUT2D eigenvalue weighted by Crippen LogP contribution is 2.42. The zero-order valence-electron chi connectivity index (χ0n) is 12.4. The van der Waals surface area contributed by atoms with Gasteiger partial charge in [0.15, 0.2) is 0 Å². The van der Waals surface area contributed by atoms with Crippen LogP contribution in [0.4, 0.5) is 0 Å². The molecule has 0 bridgehead atoms. The van der Waals surface area contributed by atoms with E-state index in [9.17, 15) is 5.11 Å². The summed E-state index contributed by atoms with van der Waals surface area (Å²) in [5.74, 6) is 0.934. The zero-order chi connectivity index (χ0) is 15.1. The Morgan fingerprint density at radius 2 is 2.09 bits per heavy atom. The molecule has 7 heteroatoms. The summed E-state index contributed by atoms with van der Waals surface area (Å²) in [4.78, 5) is 9.88. The fourth-order valence-corrected chi connectivity index (χ4v) is 5.22. The highest BCUT2D eigenvalue weighted by atomic mass is 32.1. The molecule has 1 fully saturated rings. The Bertz CT molecular complexity index is 771. The lowest BCUT2D eigenvalue weighted by molar-refractivity contribution is 0.188. The van der Waals surface area contributed by atoms with Crippen LogP contribution in [0.3, 0.4) is 0 Å². The lowest BCUT2D eigenvalue weighted by atomic mass is 10.1. The van der Waals surface area contributed by atoms with Gasteiger partial charge in [0, 0.05) is 4.88 Å². The number of thiophene rings is 1. The zero-order valence-corrected chi connectivity index (χ0v) is 14.0. The predicted octanol–water partition coefficient (Wildman–Crippen LogP) is 3.44. The fourth-order valence-electron chi connectivity index (χ4n) is 3.12. The highest BCUT2D eigenvalue weighted by Gasteiger charge is 2.30. The van der Waals surface area contributed by atoms with Crippen LogP contribution in [-0.4, -0.2) is 37.7 Å². The van der Waals surface area contributed by atoms with E-state index in [0.29, 0.717) is 5.82 Å². The molecule has 0 radical (unpaired) electrons. The summed E-state index contributed by atoms with van der Waals surface area (Å²) in [6.45, 7) is 4.00. The molecule has 4 heterocycles. The average molecular weight is 334 g/mol. The van der Waals surface area contributed by atoms with E-state index in [1.807, 2.05) is 6.92 Å². The van der Waals surface area contributed by atoms with Crippen molar-refractivity contribution < 1.29 is 5.11 Å². The summed E-state index contributed by atoms with van der Waals surface area (Å²) in [5.41, 5.74) is 0. The summed E-state index contributed by atoms with van der Waals surface area (Å²) >= 11 is 3.30.